The predicted molar refractivity (Wildman–Crippen MR) is 74.6 cm³/mol. The van der Waals surface area contributed by atoms with Gasteiger partial charge < -0.3 is 10.3 Å². The molecule has 0 spiro atoms. The third-order valence-corrected chi connectivity index (χ3v) is 3.03. The van der Waals surface area contributed by atoms with E-state index in [-0.39, 0.29) is 17.3 Å². The molecule has 1 aromatic heterocycles. The lowest BCUT2D eigenvalue weighted by Crippen LogP contribution is -2.04. The first kappa shape index (κ1) is 14.1. The van der Waals surface area contributed by atoms with Gasteiger partial charge in [0.1, 0.15) is 0 Å². The maximum Gasteiger partial charge on any atom is 0.416 e. The smallest absolute Gasteiger partial charge is 0.399 e. The molecule has 2 N–H and O–H groups in total. The van der Waals surface area contributed by atoms with Gasteiger partial charge in [-0.25, -0.2) is 0 Å². The van der Waals surface area contributed by atoms with Crippen molar-refractivity contribution < 1.29 is 17.7 Å². The Kier molecular flexibility index (Phi) is 3.32. The molecule has 0 saturated heterocycles. The van der Waals surface area contributed by atoms with Gasteiger partial charge >= 0.3 is 6.18 Å². The average molecular weight is 305 g/mol. The van der Waals surface area contributed by atoms with Crippen molar-refractivity contribution in [3.8, 4) is 22.8 Å². The van der Waals surface area contributed by atoms with Gasteiger partial charge in [-0.15, -0.1) is 0 Å². The van der Waals surface area contributed by atoms with Crippen LogP contribution in [0.15, 0.2) is 53.1 Å². The molecule has 3 aromatic rings. The maximum absolute atomic E-state index is 12.7. The van der Waals surface area contributed by atoms with Gasteiger partial charge in [0.15, 0.2) is 0 Å². The summed E-state index contributed by atoms with van der Waals surface area (Å²) >= 11 is 0. The SMILES string of the molecule is Nc1ccc(-c2nc(-c3cccc(C(F)(F)F)c3)no2)cc1. The van der Waals surface area contributed by atoms with Crippen LogP contribution in [-0.4, -0.2) is 10.1 Å². The van der Waals surface area contributed by atoms with Gasteiger partial charge in [-0.1, -0.05) is 17.3 Å². The Bertz CT molecular complexity index is 794. The van der Waals surface area contributed by atoms with Crippen LogP contribution in [-0.2, 0) is 6.18 Å². The number of aromatic nitrogens is 2. The van der Waals surface area contributed by atoms with Crippen LogP contribution in [0, 0.1) is 0 Å². The number of hydrogen-bond acceptors (Lipinski definition) is 4. The highest BCUT2D eigenvalue weighted by molar-refractivity contribution is 5.62. The second-order valence-corrected chi connectivity index (χ2v) is 4.62. The first-order valence-corrected chi connectivity index (χ1v) is 6.31. The van der Waals surface area contributed by atoms with Gasteiger partial charge in [-0.05, 0) is 36.4 Å². The number of alkyl halides is 3. The molecular formula is C15H10F3N3O. The first-order chi connectivity index (χ1) is 10.4. The van der Waals surface area contributed by atoms with Crippen molar-refractivity contribution >= 4 is 5.69 Å². The Labute approximate surface area is 123 Å². The summed E-state index contributed by atoms with van der Waals surface area (Å²) in [6.07, 6.45) is -4.42. The molecule has 0 unspecified atom stereocenters. The van der Waals surface area contributed by atoms with Gasteiger partial charge in [0.25, 0.3) is 5.89 Å². The van der Waals surface area contributed by atoms with Crippen molar-refractivity contribution in [1.29, 1.82) is 0 Å². The van der Waals surface area contributed by atoms with Crippen LogP contribution in [0.5, 0.6) is 0 Å². The predicted octanol–water partition coefficient (Wildman–Crippen LogP) is 4.00. The molecule has 1 heterocycles. The van der Waals surface area contributed by atoms with E-state index in [1.54, 1.807) is 24.3 Å². The minimum Gasteiger partial charge on any atom is -0.399 e. The van der Waals surface area contributed by atoms with E-state index in [2.05, 4.69) is 10.1 Å². The van der Waals surface area contributed by atoms with Crippen molar-refractivity contribution in [1.82, 2.24) is 10.1 Å². The van der Waals surface area contributed by atoms with Crippen LogP contribution in [0.3, 0.4) is 0 Å². The zero-order chi connectivity index (χ0) is 15.7. The summed E-state index contributed by atoms with van der Waals surface area (Å²) in [7, 11) is 0. The second kappa shape index (κ2) is 5.18. The number of halogens is 3. The summed E-state index contributed by atoms with van der Waals surface area (Å²) in [5, 5.41) is 3.72. The number of benzene rings is 2. The second-order valence-electron chi connectivity index (χ2n) is 4.62. The van der Waals surface area contributed by atoms with Crippen LogP contribution < -0.4 is 5.73 Å². The molecule has 0 aliphatic heterocycles. The molecule has 3 rings (SSSR count). The normalized spacial score (nSPS) is 11.6. The lowest BCUT2D eigenvalue weighted by Gasteiger charge is -2.06. The number of nitrogens with zero attached hydrogens (tertiary/aromatic N) is 2. The maximum atomic E-state index is 12.7. The Hall–Kier alpha value is -2.83. The first-order valence-electron chi connectivity index (χ1n) is 6.31. The van der Waals surface area contributed by atoms with Gasteiger partial charge in [-0.3, -0.25) is 0 Å². The third-order valence-electron chi connectivity index (χ3n) is 3.03. The molecule has 0 aliphatic carbocycles. The van der Waals surface area contributed by atoms with Crippen molar-refractivity contribution in [3.05, 3.63) is 54.1 Å². The highest BCUT2D eigenvalue weighted by atomic mass is 19.4. The molecule has 0 bridgehead atoms. The summed E-state index contributed by atoms with van der Waals surface area (Å²) in [5.41, 5.74) is 6.28. The Morgan fingerprint density at radius 1 is 0.955 bits per heavy atom. The molecule has 0 atom stereocenters. The fourth-order valence-corrected chi connectivity index (χ4v) is 1.92. The quantitative estimate of drug-likeness (QED) is 0.727. The van der Waals surface area contributed by atoms with E-state index < -0.39 is 11.7 Å². The van der Waals surface area contributed by atoms with Crippen molar-refractivity contribution in [2.75, 3.05) is 5.73 Å². The third kappa shape index (κ3) is 2.78. The lowest BCUT2D eigenvalue weighted by atomic mass is 10.1. The summed E-state index contributed by atoms with van der Waals surface area (Å²) in [4.78, 5) is 4.12. The van der Waals surface area contributed by atoms with E-state index in [1.807, 2.05) is 0 Å². The van der Waals surface area contributed by atoms with Gasteiger partial charge in [0.2, 0.25) is 5.82 Å². The summed E-state index contributed by atoms with van der Waals surface area (Å²) in [6, 6.07) is 11.5. The van der Waals surface area contributed by atoms with Gasteiger partial charge in [-0.2, -0.15) is 18.2 Å². The molecule has 0 aliphatic rings. The molecule has 0 radical (unpaired) electrons. The molecule has 0 amide bonds. The van der Waals surface area contributed by atoms with E-state index in [1.165, 1.54) is 12.1 Å². The van der Waals surface area contributed by atoms with Crippen molar-refractivity contribution in [2.45, 2.75) is 6.18 Å². The zero-order valence-electron chi connectivity index (χ0n) is 11.1. The number of anilines is 1. The largest absolute Gasteiger partial charge is 0.416 e. The van der Waals surface area contributed by atoms with Crippen LogP contribution >= 0.6 is 0 Å². The van der Waals surface area contributed by atoms with Crippen molar-refractivity contribution in [3.63, 3.8) is 0 Å². The fourth-order valence-electron chi connectivity index (χ4n) is 1.92. The fraction of sp³-hybridized carbons (Fsp3) is 0.0667. The van der Waals surface area contributed by atoms with Crippen molar-refractivity contribution in [2.24, 2.45) is 0 Å². The minimum atomic E-state index is -4.42. The van der Waals surface area contributed by atoms with Crippen LogP contribution in [0.4, 0.5) is 18.9 Å². The van der Waals surface area contributed by atoms with Crippen LogP contribution in [0.1, 0.15) is 5.56 Å². The van der Waals surface area contributed by atoms with E-state index in [0.29, 0.717) is 11.3 Å². The number of rotatable bonds is 2. The van der Waals surface area contributed by atoms with Crippen LogP contribution in [0.2, 0.25) is 0 Å². The molecule has 112 valence electrons. The topological polar surface area (TPSA) is 64.9 Å². The Morgan fingerprint density at radius 2 is 1.68 bits per heavy atom. The van der Waals surface area contributed by atoms with Gasteiger partial charge in [0.05, 0.1) is 5.56 Å². The number of nitrogens with two attached hydrogens (primary N) is 1. The van der Waals surface area contributed by atoms with Gasteiger partial charge in [0, 0.05) is 16.8 Å². The lowest BCUT2D eigenvalue weighted by molar-refractivity contribution is -0.137. The monoisotopic (exact) mass is 305 g/mol. The number of hydrogen-bond donors (Lipinski definition) is 1. The average Bonchev–Trinajstić information content (AvgIpc) is 2.97. The number of nitrogen functional groups attached to an aromatic ring is 1. The minimum absolute atomic E-state index is 0.0953. The molecular weight excluding hydrogens is 295 g/mol. The molecule has 0 saturated carbocycles. The Morgan fingerprint density at radius 3 is 2.36 bits per heavy atom. The molecule has 7 heteroatoms. The van der Waals surface area contributed by atoms with E-state index >= 15 is 0 Å². The molecule has 0 fully saturated rings. The summed E-state index contributed by atoms with van der Waals surface area (Å²) in [5.74, 6) is 0.310. The highest BCUT2D eigenvalue weighted by Gasteiger charge is 2.30. The zero-order valence-corrected chi connectivity index (χ0v) is 11.1. The summed E-state index contributed by atoms with van der Waals surface area (Å²) in [6.45, 7) is 0. The molecule has 4 nitrogen and oxygen atoms in total. The van der Waals surface area contributed by atoms with E-state index in [9.17, 15) is 13.2 Å². The summed E-state index contributed by atoms with van der Waals surface area (Å²) < 4.78 is 43.2. The standard InChI is InChI=1S/C15H10F3N3O/c16-15(17,18)11-3-1-2-10(8-11)13-20-14(22-21-13)9-4-6-12(19)7-5-9/h1-8H,19H2. The Balaban J connectivity index is 1.96. The molecule has 2 aromatic carbocycles. The van der Waals surface area contributed by atoms with Crippen LogP contribution in [0.25, 0.3) is 22.8 Å². The van der Waals surface area contributed by atoms with E-state index in [0.717, 1.165) is 12.1 Å². The highest BCUT2D eigenvalue weighted by Crippen LogP contribution is 2.32. The molecule has 22 heavy (non-hydrogen) atoms. The van der Waals surface area contributed by atoms with E-state index in [4.69, 9.17) is 10.3 Å².